The van der Waals surface area contributed by atoms with Crippen LogP contribution >= 0.6 is 0 Å². The van der Waals surface area contributed by atoms with Gasteiger partial charge in [-0.1, -0.05) is 12.1 Å². The van der Waals surface area contributed by atoms with Gasteiger partial charge in [-0.25, -0.2) is 12.8 Å². The molecule has 1 unspecified atom stereocenters. The van der Waals surface area contributed by atoms with Crippen LogP contribution in [0.3, 0.4) is 0 Å². The van der Waals surface area contributed by atoms with Gasteiger partial charge in [-0.15, -0.1) is 0 Å². The zero-order valence-electron chi connectivity index (χ0n) is 10.9. The Morgan fingerprint density at radius 1 is 1.42 bits per heavy atom. The maximum atomic E-state index is 13.6. The molecule has 1 aliphatic rings. The number of ether oxygens (including phenoxy) is 1. The smallest absolute Gasteiger partial charge is 0.235 e. The highest BCUT2D eigenvalue weighted by Crippen LogP contribution is 2.23. The van der Waals surface area contributed by atoms with E-state index in [1.807, 2.05) is 0 Å². The van der Waals surface area contributed by atoms with Crippen LogP contribution in [0.25, 0.3) is 0 Å². The van der Waals surface area contributed by atoms with Crippen LogP contribution in [0.2, 0.25) is 0 Å². The summed E-state index contributed by atoms with van der Waals surface area (Å²) in [5, 5.41) is 0. The van der Waals surface area contributed by atoms with E-state index in [1.54, 1.807) is 6.07 Å². The topological polar surface area (TPSA) is 46.6 Å². The fourth-order valence-electron chi connectivity index (χ4n) is 2.21. The first kappa shape index (κ1) is 14.3. The van der Waals surface area contributed by atoms with Gasteiger partial charge in [-0.2, -0.15) is 0 Å². The van der Waals surface area contributed by atoms with Gasteiger partial charge in [0, 0.05) is 13.7 Å². The van der Waals surface area contributed by atoms with E-state index in [0.717, 1.165) is 17.1 Å². The van der Waals surface area contributed by atoms with Crippen molar-refractivity contribution in [3.05, 3.63) is 30.1 Å². The Labute approximate surface area is 113 Å². The quantitative estimate of drug-likeness (QED) is 0.851. The van der Waals surface area contributed by atoms with Gasteiger partial charge in [0.25, 0.3) is 0 Å². The Bertz CT molecular complexity index is 526. The van der Waals surface area contributed by atoms with Crippen molar-refractivity contribution in [3.63, 3.8) is 0 Å². The van der Waals surface area contributed by atoms with Gasteiger partial charge < -0.3 is 4.74 Å². The van der Waals surface area contributed by atoms with Gasteiger partial charge in [-0.05, 0) is 30.9 Å². The maximum absolute atomic E-state index is 13.6. The lowest BCUT2D eigenvalue weighted by atomic mass is 10.1. The molecule has 0 bridgehead atoms. The second-order valence-electron chi connectivity index (χ2n) is 4.78. The molecule has 19 heavy (non-hydrogen) atoms. The molecule has 0 N–H and O–H groups in total. The Hall–Kier alpha value is -1.14. The number of hydrogen-bond donors (Lipinski definition) is 0. The molecule has 1 fully saturated rings. The number of rotatable bonds is 4. The Morgan fingerprint density at radius 3 is 2.79 bits per heavy atom. The summed E-state index contributed by atoms with van der Waals surface area (Å²) in [6.45, 7) is 1.16. The molecule has 1 heterocycles. The molecule has 6 heteroatoms. The summed E-state index contributed by atoms with van der Waals surface area (Å²) in [7, 11) is -2.14. The van der Waals surface area contributed by atoms with Crippen molar-refractivity contribution in [2.45, 2.75) is 12.8 Å². The summed E-state index contributed by atoms with van der Waals surface area (Å²) in [5.74, 6) is -0.542. The monoisotopic (exact) mass is 287 g/mol. The fraction of sp³-hybridized carbons (Fsp3) is 0.538. The molecule has 106 valence electrons. The second-order valence-corrected chi connectivity index (χ2v) is 6.83. The predicted octanol–water partition coefficient (Wildman–Crippen LogP) is 2.02. The van der Waals surface area contributed by atoms with Crippen LogP contribution in [-0.4, -0.2) is 34.4 Å². The highest BCUT2D eigenvalue weighted by atomic mass is 32.2. The minimum absolute atomic E-state index is 0.00215. The molecule has 0 amide bonds. The van der Waals surface area contributed by atoms with Gasteiger partial charge in [0.15, 0.2) is 0 Å². The van der Waals surface area contributed by atoms with Crippen LogP contribution < -0.4 is 4.31 Å². The van der Waals surface area contributed by atoms with Gasteiger partial charge >= 0.3 is 0 Å². The van der Waals surface area contributed by atoms with Crippen molar-refractivity contribution in [3.8, 4) is 0 Å². The summed E-state index contributed by atoms with van der Waals surface area (Å²) in [4.78, 5) is 0. The Kier molecular flexibility index (Phi) is 4.42. The maximum Gasteiger partial charge on any atom is 0.235 e. The van der Waals surface area contributed by atoms with Crippen LogP contribution in [0.5, 0.6) is 0 Å². The number of anilines is 1. The summed E-state index contributed by atoms with van der Waals surface area (Å²) >= 11 is 0. The first-order chi connectivity index (χ1) is 9.00. The fourth-order valence-corrected chi connectivity index (χ4v) is 3.74. The molecule has 1 aliphatic heterocycles. The van der Waals surface area contributed by atoms with E-state index in [1.165, 1.54) is 25.2 Å². The van der Waals surface area contributed by atoms with Crippen molar-refractivity contribution in [1.82, 2.24) is 0 Å². The average molecular weight is 287 g/mol. The highest BCUT2D eigenvalue weighted by Gasteiger charge is 2.26. The zero-order chi connectivity index (χ0) is 13.9. The normalized spacial score (nSPS) is 20.2. The molecular formula is C13H18FNO3S. The second kappa shape index (κ2) is 5.88. The van der Waals surface area contributed by atoms with E-state index in [2.05, 4.69) is 0 Å². The summed E-state index contributed by atoms with van der Waals surface area (Å²) in [5.41, 5.74) is 0.0826. The third-order valence-electron chi connectivity index (χ3n) is 3.31. The average Bonchev–Trinajstić information content (AvgIpc) is 2.39. The molecule has 1 saturated heterocycles. The number of para-hydroxylation sites is 1. The number of nitrogens with zero attached hydrogens (tertiary/aromatic N) is 1. The zero-order valence-corrected chi connectivity index (χ0v) is 11.7. The first-order valence-electron chi connectivity index (χ1n) is 6.29. The molecule has 1 aromatic rings. The van der Waals surface area contributed by atoms with Crippen molar-refractivity contribution in [2.75, 3.05) is 30.3 Å². The van der Waals surface area contributed by atoms with Crippen LogP contribution in [0.4, 0.5) is 10.1 Å². The van der Waals surface area contributed by atoms with E-state index in [4.69, 9.17) is 4.74 Å². The molecule has 1 atom stereocenters. The van der Waals surface area contributed by atoms with E-state index >= 15 is 0 Å². The summed E-state index contributed by atoms with van der Waals surface area (Å²) in [6.07, 6.45) is 1.72. The first-order valence-corrected chi connectivity index (χ1v) is 7.90. The van der Waals surface area contributed by atoms with Crippen molar-refractivity contribution in [1.29, 1.82) is 0 Å². The van der Waals surface area contributed by atoms with Crippen LogP contribution in [0.1, 0.15) is 12.8 Å². The minimum Gasteiger partial charge on any atom is -0.381 e. The molecule has 0 aliphatic carbocycles. The van der Waals surface area contributed by atoms with Gasteiger partial charge in [0.1, 0.15) is 5.82 Å². The van der Waals surface area contributed by atoms with E-state index in [0.29, 0.717) is 13.2 Å². The van der Waals surface area contributed by atoms with Gasteiger partial charge in [-0.3, -0.25) is 4.31 Å². The number of hydrogen-bond acceptors (Lipinski definition) is 3. The lowest BCUT2D eigenvalue weighted by Gasteiger charge is -2.26. The van der Waals surface area contributed by atoms with Crippen LogP contribution in [-0.2, 0) is 14.8 Å². The van der Waals surface area contributed by atoms with Crippen molar-refractivity contribution in [2.24, 2.45) is 5.92 Å². The minimum atomic E-state index is -3.52. The van der Waals surface area contributed by atoms with Gasteiger partial charge in [0.05, 0.1) is 18.0 Å². The third-order valence-corrected chi connectivity index (χ3v) is 5.23. The molecule has 0 radical (unpaired) electrons. The van der Waals surface area contributed by atoms with Crippen LogP contribution in [0.15, 0.2) is 24.3 Å². The molecule has 0 aromatic heterocycles. The molecule has 0 saturated carbocycles. The van der Waals surface area contributed by atoms with E-state index in [-0.39, 0.29) is 17.4 Å². The molecule has 0 spiro atoms. The predicted molar refractivity (Wildman–Crippen MR) is 72.1 cm³/mol. The Morgan fingerprint density at radius 2 is 2.16 bits per heavy atom. The molecule has 4 nitrogen and oxygen atoms in total. The number of halogens is 1. The number of sulfonamides is 1. The molecule has 2 rings (SSSR count). The molecular weight excluding hydrogens is 269 g/mol. The van der Waals surface area contributed by atoms with Crippen LogP contribution in [0, 0.1) is 11.7 Å². The van der Waals surface area contributed by atoms with Crippen molar-refractivity contribution < 1.29 is 17.5 Å². The number of benzene rings is 1. The summed E-state index contributed by atoms with van der Waals surface area (Å²) in [6, 6.07) is 5.87. The van der Waals surface area contributed by atoms with Gasteiger partial charge in [0.2, 0.25) is 10.0 Å². The lowest BCUT2D eigenvalue weighted by molar-refractivity contribution is 0.0626. The van der Waals surface area contributed by atoms with Crippen molar-refractivity contribution >= 4 is 15.7 Å². The third kappa shape index (κ3) is 3.45. The highest BCUT2D eigenvalue weighted by molar-refractivity contribution is 7.92. The lowest BCUT2D eigenvalue weighted by Crippen LogP contribution is -2.35. The van der Waals surface area contributed by atoms with E-state index in [9.17, 15) is 12.8 Å². The Balaban J connectivity index is 2.12. The standard InChI is InChI=1S/C13H18FNO3S/c1-15(13-7-3-2-6-12(13)14)19(16,17)10-11-5-4-8-18-9-11/h2-3,6-7,11H,4-5,8-10H2,1H3. The molecule has 1 aromatic carbocycles. The summed E-state index contributed by atoms with van der Waals surface area (Å²) < 4.78 is 44.4. The largest absolute Gasteiger partial charge is 0.381 e. The van der Waals surface area contributed by atoms with E-state index < -0.39 is 15.8 Å². The SMILES string of the molecule is CN(c1ccccc1F)S(=O)(=O)CC1CCCOC1.